The van der Waals surface area contributed by atoms with Gasteiger partial charge in [-0.3, -0.25) is 0 Å². The van der Waals surface area contributed by atoms with Gasteiger partial charge in [-0.25, -0.2) is 9.07 Å². The molecule has 1 aliphatic heterocycles. The first-order chi connectivity index (χ1) is 7.84. The molecule has 1 unspecified atom stereocenters. The summed E-state index contributed by atoms with van der Waals surface area (Å²) in [6.45, 7) is 1.57. The minimum absolute atomic E-state index is 0.0515. The summed E-state index contributed by atoms with van der Waals surface area (Å²) in [5, 5.41) is 14.8. The van der Waals surface area contributed by atoms with Crippen molar-refractivity contribution in [3.05, 3.63) is 41.5 Å². The zero-order valence-corrected chi connectivity index (χ0v) is 8.47. The minimum atomic E-state index is -0.237. The molecule has 0 saturated heterocycles. The Balaban J connectivity index is 2.00. The van der Waals surface area contributed by atoms with Gasteiger partial charge < -0.3 is 5.32 Å². The highest BCUT2D eigenvalue weighted by Crippen LogP contribution is 2.21. The molecule has 16 heavy (non-hydrogen) atoms. The first-order valence-corrected chi connectivity index (χ1v) is 5.09. The summed E-state index contributed by atoms with van der Waals surface area (Å²) in [7, 11) is 0. The SMILES string of the molecule is Fc1ccc(C2NCCn3nnnc32)cc1. The Labute approximate surface area is 91.3 Å². The smallest absolute Gasteiger partial charge is 0.172 e. The molecule has 82 valence electrons. The molecule has 1 N–H and O–H groups in total. The van der Waals surface area contributed by atoms with Crippen LogP contribution in [0.1, 0.15) is 17.4 Å². The van der Waals surface area contributed by atoms with Crippen molar-refractivity contribution in [2.24, 2.45) is 0 Å². The van der Waals surface area contributed by atoms with Gasteiger partial charge in [0.1, 0.15) is 5.82 Å². The van der Waals surface area contributed by atoms with Gasteiger partial charge in [-0.2, -0.15) is 0 Å². The van der Waals surface area contributed by atoms with Crippen LogP contribution in [0, 0.1) is 5.82 Å². The Hall–Kier alpha value is -1.82. The average Bonchev–Trinajstić information content (AvgIpc) is 2.78. The summed E-state index contributed by atoms with van der Waals surface area (Å²) in [5.74, 6) is 0.539. The van der Waals surface area contributed by atoms with Crippen LogP contribution in [0.25, 0.3) is 0 Å². The number of hydrogen-bond acceptors (Lipinski definition) is 4. The molecule has 0 saturated carbocycles. The lowest BCUT2D eigenvalue weighted by Gasteiger charge is -2.22. The van der Waals surface area contributed by atoms with Gasteiger partial charge in [-0.05, 0) is 28.1 Å². The summed E-state index contributed by atoms with van der Waals surface area (Å²) >= 11 is 0. The van der Waals surface area contributed by atoms with Crippen molar-refractivity contribution in [1.82, 2.24) is 25.5 Å². The predicted octanol–water partition coefficient (Wildman–Crippen LogP) is 0.505. The lowest BCUT2D eigenvalue weighted by Crippen LogP contribution is -2.34. The van der Waals surface area contributed by atoms with E-state index in [9.17, 15) is 4.39 Å². The zero-order chi connectivity index (χ0) is 11.0. The van der Waals surface area contributed by atoms with Gasteiger partial charge in [0, 0.05) is 6.54 Å². The first-order valence-electron chi connectivity index (χ1n) is 5.09. The monoisotopic (exact) mass is 219 g/mol. The molecule has 0 fully saturated rings. The van der Waals surface area contributed by atoms with Crippen molar-refractivity contribution in [2.45, 2.75) is 12.6 Å². The van der Waals surface area contributed by atoms with Gasteiger partial charge >= 0.3 is 0 Å². The van der Waals surface area contributed by atoms with E-state index in [1.807, 2.05) is 0 Å². The molecule has 0 radical (unpaired) electrons. The molecular formula is C10H10FN5. The Morgan fingerprint density at radius 3 is 2.94 bits per heavy atom. The molecule has 2 heterocycles. The van der Waals surface area contributed by atoms with E-state index in [0.29, 0.717) is 0 Å². The number of fused-ring (bicyclic) bond motifs is 1. The standard InChI is InChI=1S/C10H10FN5/c11-8-3-1-7(2-4-8)9-10-13-14-15-16(10)6-5-12-9/h1-4,9,12H,5-6H2. The average molecular weight is 219 g/mol. The van der Waals surface area contributed by atoms with Crippen molar-refractivity contribution in [3.63, 3.8) is 0 Å². The number of benzene rings is 1. The summed E-state index contributed by atoms with van der Waals surface area (Å²) in [4.78, 5) is 0. The summed E-state index contributed by atoms with van der Waals surface area (Å²) in [6.07, 6.45) is 0. The zero-order valence-electron chi connectivity index (χ0n) is 8.47. The van der Waals surface area contributed by atoms with Crippen molar-refractivity contribution >= 4 is 0 Å². The number of nitrogens with one attached hydrogen (secondary N) is 1. The Kier molecular flexibility index (Phi) is 2.14. The van der Waals surface area contributed by atoms with Crippen molar-refractivity contribution in [3.8, 4) is 0 Å². The Morgan fingerprint density at radius 2 is 2.12 bits per heavy atom. The molecule has 0 bridgehead atoms. The van der Waals surface area contributed by atoms with Crippen LogP contribution in [-0.4, -0.2) is 26.8 Å². The van der Waals surface area contributed by atoms with Crippen molar-refractivity contribution in [1.29, 1.82) is 0 Å². The number of hydrogen-bond donors (Lipinski definition) is 1. The fourth-order valence-corrected chi connectivity index (χ4v) is 1.91. The van der Waals surface area contributed by atoms with Crippen LogP contribution in [0.15, 0.2) is 24.3 Å². The molecule has 5 nitrogen and oxygen atoms in total. The topological polar surface area (TPSA) is 55.6 Å². The molecule has 0 spiro atoms. The molecule has 1 atom stereocenters. The molecule has 1 aliphatic rings. The second kappa shape index (κ2) is 3.64. The van der Waals surface area contributed by atoms with E-state index in [4.69, 9.17) is 0 Å². The van der Waals surface area contributed by atoms with E-state index < -0.39 is 0 Å². The molecule has 0 amide bonds. The Bertz CT molecular complexity index is 492. The summed E-state index contributed by atoms with van der Waals surface area (Å²) < 4.78 is 14.6. The normalized spacial score (nSPS) is 19.4. The molecule has 1 aromatic heterocycles. The van der Waals surface area contributed by atoms with Gasteiger partial charge in [-0.15, -0.1) is 5.10 Å². The molecule has 0 aliphatic carbocycles. The lowest BCUT2D eigenvalue weighted by molar-refractivity contribution is 0.425. The van der Waals surface area contributed by atoms with Crippen molar-refractivity contribution < 1.29 is 4.39 Å². The molecular weight excluding hydrogens is 209 g/mol. The molecule has 3 rings (SSSR count). The lowest BCUT2D eigenvalue weighted by atomic mass is 10.1. The van der Waals surface area contributed by atoms with Gasteiger partial charge in [0.05, 0.1) is 12.6 Å². The van der Waals surface area contributed by atoms with E-state index in [0.717, 1.165) is 24.5 Å². The number of halogens is 1. The highest BCUT2D eigenvalue weighted by Gasteiger charge is 2.24. The van der Waals surface area contributed by atoms with E-state index in [-0.39, 0.29) is 11.9 Å². The second-order valence-electron chi connectivity index (χ2n) is 3.70. The fraction of sp³-hybridized carbons (Fsp3) is 0.300. The third-order valence-corrected chi connectivity index (χ3v) is 2.69. The third kappa shape index (κ3) is 1.47. The van der Waals surface area contributed by atoms with E-state index in [2.05, 4.69) is 20.8 Å². The minimum Gasteiger partial charge on any atom is -0.302 e. The van der Waals surface area contributed by atoms with Crippen LogP contribution in [0.5, 0.6) is 0 Å². The molecule has 6 heteroatoms. The molecule has 2 aromatic rings. The van der Waals surface area contributed by atoms with E-state index in [1.165, 1.54) is 12.1 Å². The van der Waals surface area contributed by atoms with Gasteiger partial charge in [-0.1, -0.05) is 12.1 Å². The summed E-state index contributed by atoms with van der Waals surface area (Å²) in [6, 6.07) is 6.33. The van der Waals surface area contributed by atoms with Gasteiger partial charge in [0.25, 0.3) is 0 Å². The van der Waals surface area contributed by atoms with Crippen LogP contribution >= 0.6 is 0 Å². The highest BCUT2D eigenvalue weighted by molar-refractivity contribution is 5.25. The number of aromatic nitrogens is 4. The van der Waals surface area contributed by atoms with Crippen LogP contribution in [0.4, 0.5) is 4.39 Å². The quantitative estimate of drug-likeness (QED) is 0.759. The Morgan fingerprint density at radius 1 is 1.31 bits per heavy atom. The van der Waals surface area contributed by atoms with Crippen molar-refractivity contribution in [2.75, 3.05) is 6.54 Å². The van der Waals surface area contributed by atoms with Crippen LogP contribution < -0.4 is 5.32 Å². The number of rotatable bonds is 1. The predicted molar refractivity (Wildman–Crippen MR) is 54.1 cm³/mol. The fourth-order valence-electron chi connectivity index (χ4n) is 1.91. The van der Waals surface area contributed by atoms with Crippen LogP contribution in [0.2, 0.25) is 0 Å². The van der Waals surface area contributed by atoms with Gasteiger partial charge in [0.2, 0.25) is 0 Å². The van der Waals surface area contributed by atoms with E-state index in [1.54, 1.807) is 16.8 Å². The van der Waals surface area contributed by atoms with Gasteiger partial charge in [0.15, 0.2) is 5.82 Å². The number of tetrazole rings is 1. The second-order valence-corrected chi connectivity index (χ2v) is 3.70. The molecule has 1 aromatic carbocycles. The number of nitrogens with zero attached hydrogens (tertiary/aromatic N) is 4. The maximum atomic E-state index is 12.8. The van der Waals surface area contributed by atoms with Crippen LogP contribution in [-0.2, 0) is 6.54 Å². The van der Waals surface area contributed by atoms with E-state index >= 15 is 0 Å². The third-order valence-electron chi connectivity index (χ3n) is 2.69. The van der Waals surface area contributed by atoms with Crippen LogP contribution in [0.3, 0.4) is 0 Å². The maximum absolute atomic E-state index is 12.8. The summed E-state index contributed by atoms with van der Waals surface area (Å²) in [5.41, 5.74) is 0.970. The largest absolute Gasteiger partial charge is 0.302 e. The highest BCUT2D eigenvalue weighted by atomic mass is 19.1. The maximum Gasteiger partial charge on any atom is 0.172 e. The first kappa shape index (κ1) is 9.41.